The normalized spacial score (nSPS) is 10.9. The van der Waals surface area contributed by atoms with Gasteiger partial charge in [-0.05, 0) is 31.0 Å². The van der Waals surface area contributed by atoms with E-state index in [1.165, 1.54) is 28.9 Å². The molecule has 0 aliphatic carbocycles. The maximum absolute atomic E-state index is 12.5. The van der Waals surface area contributed by atoms with Crippen molar-refractivity contribution in [1.29, 1.82) is 0 Å². The van der Waals surface area contributed by atoms with Gasteiger partial charge >= 0.3 is 6.61 Å². The first-order valence-electron chi connectivity index (χ1n) is 8.52. The van der Waals surface area contributed by atoms with E-state index in [1.807, 2.05) is 20.8 Å². The molecule has 0 unspecified atom stereocenters. The fourth-order valence-electron chi connectivity index (χ4n) is 2.23. The summed E-state index contributed by atoms with van der Waals surface area (Å²) in [5.41, 5.74) is 0.444. The van der Waals surface area contributed by atoms with Gasteiger partial charge in [0.2, 0.25) is 0 Å². The number of alkyl halides is 2. The zero-order chi connectivity index (χ0) is 20.0. The summed E-state index contributed by atoms with van der Waals surface area (Å²) in [6, 6.07) is 5.40. The number of ether oxygens (including phenoxy) is 1. The second-order valence-electron chi connectivity index (χ2n) is 6.21. The van der Waals surface area contributed by atoms with E-state index in [1.54, 1.807) is 6.20 Å². The summed E-state index contributed by atoms with van der Waals surface area (Å²) in [5.74, 6) is -0.834. The number of hydrogen-bond donors (Lipinski definition) is 2. The molecule has 2 amide bonds. The summed E-state index contributed by atoms with van der Waals surface area (Å²) in [5, 5.41) is 9.53. The maximum Gasteiger partial charge on any atom is 0.387 e. The molecule has 2 rings (SSSR count). The number of aryl methyl sites for hydroxylation is 1. The molecule has 0 spiro atoms. The third-order valence-electron chi connectivity index (χ3n) is 3.54. The van der Waals surface area contributed by atoms with Gasteiger partial charge in [-0.1, -0.05) is 19.9 Å². The van der Waals surface area contributed by atoms with Crippen LogP contribution in [-0.4, -0.2) is 34.8 Å². The van der Waals surface area contributed by atoms with E-state index in [0.717, 1.165) is 0 Å². The van der Waals surface area contributed by atoms with Crippen molar-refractivity contribution in [2.24, 2.45) is 5.92 Å². The van der Waals surface area contributed by atoms with Crippen LogP contribution in [0, 0.1) is 5.92 Å². The van der Waals surface area contributed by atoms with Crippen LogP contribution in [0.3, 0.4) is 0 Å². The number of halogens is 2. The first kappa shape index (κ1) is 20.3. The predicted octanol–water partition coefficient (Wildman–Crippen LogP) is 3.14. The smallest absolute Gasteiger partial charge is 0.387 e. The Morgan fingerprint density at radius 1 is 1.26 bits per heavy atom. The number of benzene rings is 1. The van der Waals surface area contributed by atoms with Gasteiger partial charge in [-0.25, -0.2) is 0 Å². The number of carbonyl (C=O) groups excluding carboxylic acids is 2. The number of aromatic nitrogens is 2. The van der Waals surface area contributed by atoms with E-state index >= 15 is 0 Å². The summed E-state index contributed by atoms with van der Waals surface area (Å²) >= 11 is 0. The fourth-order valence-corrected chi connectivity index (χ4v) is 2.23. The summed E-state index contributed by atoms with van der Waals surface area (Å²) in [7, 11) is 0. The Morgan fingerprint density at radius 2 is 2.00 bits per heavy atom. The predicted molar refractivity (Wildman–Crippen MR) is 96.1 cm³/mol. The van der Waals surface area contributed by atoms with Gasteiger partial charge in [0.15, 0.2) is 5.69 Å². The minimum Gasteiger partial charge on any atom is -0.435 e. The highest BCUT2D eigenvalue weighted by Crippen LogP contribution is 2.19. The van der Waals surface area contributed by atoms with Gasteiger partial charge < -0.3 is 15.4 Å². The number of nitrogens with one attached hydrogen (secondary N) is 2. The summed E-state index contributed by atoms with van der Waals surface area (Å²) in [4.78, 5) is 24.8. The van der Waals surface area contributed by atoms with Crippen LogP contribution in [0.1, 0.15) is 41.6 Å². The van der Waals surface area contributed by atoms with Gasteiger partial charge in [-0.3, -0.25) is 14.3 Å². The molecule has 1 aromatic carbocycles. The Bertz CT molecular complexity index is 806. The van der Waals surface area contributed by atoms with Crippen LogP contribution >= 0.6 is 0 Å². The molecule has 0 aliphatic rings. The second kappa shape index (κ2) is 9.11. The van der Waals surface area contributed by atoms with Gasteiger partial charge in [0.1, 0.15) is 5.75 Å². The molecule has 1 aromatic heterocycles. The zero-order valence-electron chi connectivity index (χ0n) is 15.3. The number of rotatable bonds is 8. The van der Waals surface area contributed by atoms with Gasteiger partial charge in [0.05, 0.1) is 5.69 Å². The average molecular weight is 380 g/mol. The van der Waals surface area contributed by atoms with Crippen molar-refractivity contribution in [2.75, 3.05) is 11.9 Å². The lowest BCUT2D eigenvalue weighted by atomic mass is 10.2. The molecule has 0 radical (unpaired) electrons. The molecule has 0 fully saturated rings. The Balaban J connectivity index is 2.19. The lowest BCUT2D eigenvalue weighted by Crippen LogP contribution is -2.28. The van der Waals surface area contributed by atoms with Gasteiger partial charge in [-0.15, -0.1) is 0 Å². The molecule has 1 heterocycles. The Hall–Kier alpha value is -2.97. The van der Waals surface area contributed by atoms with Crippen LogP contribution in [0.4, 0.5) is 14.5 Å². The van der Waals surface area contributed by atoms with Gasteiger partial charge in [-0.2, -0.15) is 13.9 Å². The van der Waals surface area contributed by atoms with Crippen molar-refractivity contribution in [1.82, 2.24) is 15.1 Å². The van der Waals surface area contributed by atoms with Crippen molar-refractivity contribution < 1.29 is 23.1 Å². The number of nitrogens with zero attached hydrogens (tertiary/aromatic N) is 2. The topological polar surface area (TPSA) is 85.2 Å². The molecule has 27 heavy (non-hydrogen) atoms. The van der Waals surface area contributed by atoms with Gasteiger partial charge in [0.25, 0.3) is 11.8 Å². The van der Waals surface area contributed by atoms with E-state index in [9.17, 15) is 18.4 Å². The van der Waals surface area contributed by atoms with E-state index in [-0.39, 0.29) is 28.6 Å². The number of anilines is 1. The molecule has 7 nitrogen and oxygen atoms in total. The van der Waals surface area contributed by atoms with Crippen molar-refractivity contribution >= 4 is 17.5 Å². The van der Waals surface area contributed by atoms with E-state index in [2.05, 4.69) is 20.5 Å². The molecule has 0 saturated carbocycles. The highest BCUT2D eigenvalue weighted by Gasteiger charge is 2.19. The van der Waals surface area contributed by atoms with Crippen molar-refractivity contribution in [3.63, 3.8) is 0 Å². The van der Waals surface area contributed by atoms with Crippen LogP contribution in [0.25, 0.3) is 0 Å². The number of amides is 2. The minimum atomic E-state index is -2.98. The Labute approximate surface area is 155 Å². The zero-order valence-corrected chi connectivity index (χ0v) is 15.3. The average Bonchev–Trinajstić information content (AvgIpc) is 3.02. The molecule has 0 saturated heterocycles. The van der Waals surface area contributed by atoms with E-state index in [4.69, 9.17) is 0 Å². The summed E-state index contributed by atoms with van der Waals surface area (Å²) < 4.78 is 30.5. The highest BCUT2D eigenvalue weighted by molar-refractivity contribution is 6.08. The van der Waals surface area contributed by atoms with Crippen LogP contribution < -0.4 is 15.4 Å². The molecule has 2 aromatic rings. The largest absolute Gasteiger partial charge is 0.435 e. The van der Waals surface area contributed by atoms with E-state index in [0.29, 0.717) is 13.1 Å². The SMILES string of the molecule is CCn1cc(NC(=O)c2cccc(OC(F)F)c2)c(C(=O)NCC(C)C)n1. The Morgan fingerprint density at radius 3 is 2.63 bits per heavy atom. The summed E-state index contributed by atoms with van der Waals surface area (Å²) in [6.07, 6.45) is 1.54. The van der Waals surface area contributed by atoms with Crippen LogP contribution in [-0.2, 0) is 6.54 Å². The van der Waals surface area contributed by atoms with Crippen LogP contribution in [0.15, 0.2) is 30.5 Å². The Kier molecular flexibility index (Phi) is 6.86. The lowest BCUT2D eigenvalue weighted by Gasteiger charge is -2.09. The highest BCUT2D eigenvalue weighted by atomic mass is 19.3. The molecule has 2 N–H and O–H groups in total. The standard InChI is InChI=1S/C18H22F2N4O3/c1-4-24-10-14(15(23-24)17(26)21-9-11(2)3)22-16(25)12-6-5-7-13(8-12)27-18(19)20/h5-8,10-11,18H,4,9H2,1-3H3,(H,21,26)(H,22,25). The number of carbonyl (C=O) groups is 2. The second-order valence-corrected chi connectivity index (χ2v) is 6.21. The maximum atomic E-state index is 12.5. The van der Waals surface area contributed by atoms with Crippen LogP contribution in [0.2, 0.25) is 0 Å². The third-order valence-corrected chi connectivity index (χ3v) is 3.54. The quantitative estimate of drug-likeness (QED) is 0.737. The monoisotopic (exact) mass is 380 g/mol. The van der Waals surface area contributed by atoms with Crippen LogP contribution in [0.5, 0.6) is 5.75 Å². The first-order chi connectivity index (χ1) is 12.8. The molecule has 0 bridgehead atoms. The molecular weight excluding hydrogens is 358 g/mol. The molecule has 0 aliphatic heterocycles. The fraction of sp³-hybridized carbons (Fsp3) is 0.389. The number of hydrogen-bond acceptors (Lipinski definition) is 4. The van der Waals surface area contributed by atoms with Crippen molar-refractivity contribution in [3.05, 3.63) is 41.7 Å². The first-order valence-corrected chi connectivity index (χ1v) is 8.52. The molecular formula is C18H22F2N4O3. The van der Waals surface area contributed by atoms with E-state index < -0.39 is 18.4 Å². The van der Waals surface area contributed by atoms with Crippen molar-refractivity contribution in [3.8, 4) is 5.75 Å². The lowest BCUT2D eigenvalue weighted by molar-refractivity contribution is -0.0498. The minimum absolute atomic E-state index is 0.0887. The molecule has 9 heteroatoms. The summed E-state index contributed by atoms with van der Waals surface area (Å²) in [6.45, 7) is 3.77. The van der Waals surface area contributed by atoms with Gasteiger partial charge in [0, 0.05) is 24.8 Å². The third kappa shape index (κ3) is 5.77. The molecule has 0 atom stereocenters. The van der Waals surface area contributed by atoms with Crippen molar-refractivity contribution in [2.45, 2.75) is 33.9 Å². The molecule has 146 valence electrons.